The highest BCUT2D eigenvalue weighted by Crippen LogP contribution is 2.58. The number of ether oxygens (including phenoxy) is 5. The SMILES string of the molecule is COc1cc([C@H]2SC[C@H](c3cc(OC)c(OC)c(C(=O)O)c3)S2)cc(OC)c1OC. The molecule has 30 heavy (non-hydrogen) atoms. The molecule has 9 heteroatoms. The van der Waals surface area contributed by atoms with Crippen molar-refractivity contribution in [2.45, 2.75) is 9.83 Å². The van der Waals surface area contributed by atoms with Gasteiger partial charge in [0, 0.05) is 11.0 Å². The molecule has 1 N–H and O–H groups in total. The Balaban J connectivity index is 1.92. The predicted octanol–water partition coefficient (Wildman–Crippen LogP) is 4.65. The Hall–Kier alpha value is -2.39. The lowest BCUT2D eigenvalue weighted by Crippen LogP contribution is -2.05. The van der Waals surface area contributed by atoms with Crippen LogP contribution in [-0.2, 0) is 0 Å². The van der Waals surface area contributed by atoms with Crippen LogP contribution in [0, 0.1) is 0 Å². The van der Waals surface area contributed by atoms with Crippen LogP contribution in [-0.4, -0.2) is 52.4 Å². The molecular weight excluding hydrogens is 428 g/mol. The fourth-order valence-corrected chi connectivity index (χ4v) is 6.58. The molecule has 0 spiro atoms. The summed E-state index contributed by atoms with van der Waals surface area (Å²) in [5.41, 5.74) is 2.02. The van der Waals surface area contributed by atoms with Gasteiger partial charge in [0.25, 0.3) is 0 Å². The average Bonchev–Trinajstić information content (AvgIpc) is 3.27. The smallest absolute Gasteiger partial charge is 0.339 e. The summed E-state index contributed by atoms with van der Waals surface area (Å²) >= 11 is 3.52. The van der Waals surface area contributed by atoms with Crippen LogP contribution in [0.3, 0.4) is 0 Å². The fraction of sp³-hybridized carbons (Fsp3) is 0.381. The van der Waals surface area contributed by atoms with E-state index < -0.39 is 5.97 Å². The van der Waals surface area contributed by atoms with Crippen LogP contribution >= 0.6 is 23.5 Å². The largest absolute Gasteiger partial charge is 0.493 e. The molecule has 3 rings (SSSR count). The van der Waals surface area contributed by atoms with E-state index in [0.717, 1.165) is 16.9 Å². The number of methoxy groups -OCH3 is 5. The Morgan fingerprint density at radius 2 is 1.37 bits per heavy atom. The number of rotatable bonds is 8. The van der Waals surface area contributed by atoms with Crippen LogP contribution in [0.4, 0.5) is 0 Å². The van der Waals surface area contributed by atoms with Gasteiger partial charge >= 0.3 is 5.97 Å². The van der Waals surface area contributed by atoms with Crippen LogP contribution < -0.4 is 23.7 Å². The van der Waals surface area contributed by atoms with E-state index in [9.17, 15) is 9.90 Å². The van der Waals surface area contributed by atoms with Gasteiger partial charge in [0.1, 0.15) is 5.56 Å². The van der Waals surface area contributed by atoms with E-state index in [1.807, 2.05) is 18.2 Å². The van der Waals surface area contributed by atoms with Crippen molar-refractivity contribution >= 4 is 29.5 Å². The topological polar surface area (TPSA) is 83.5 Å². The second-order valence-electron chi connectivity index (χ2n) is 6.36. The summed E-state index contributed by atoms with van der Waals surface area (Å²) in [5, 5.41) is 9.69. The third-order valence-corrected chi connectivity index (χ3v) is 8.09. The van der Waals surface area contributed by atoms with E-state index in [2.05, 4.69) is 0 Å². The van der Waals surface area contributed by atoms with Crippen molar-refractivity contribution in [1.82, 2.24) is 0 Å². The minimum absolute atomic E-state index is 0.0914. The number of carboxylic acid groups (broad SMARTS) is 1. The molecule has 1 aliphatic heterocycles. The van der Waals surface area contributed by atoms with Crippen molar-refractivity contribution in [3.05, 3.63) is 41.0 Å². The van der Waals surface area contributed by atoms with Gasteiger partial charge in [-0.05, 0) is 35.4 Å². The first-order valence-corrected chi connectivity index (χ1v) is 11.0. The highest BCUT2D eigenvalue weighted by Gasteiger charge is 2.32. The molecule has 7 nitrogen and oxygen atoms in total. The van der Waals surface area contributed by atoms with Gasteiger partial charge < -0.3 is 28.8 Å². The lowest BCUT2D eigenvalue weighted by Gasteiger charge is -2.18. The molecule has 0 aliphatic carbocycles. The highest BCUT2D eigenvalue weighted by molar-refractivity contribution is 8.19. The second kappa shape index (κ2) is 9.61. The van der Waals surface area contributed by atoms with Crippen LogP contribution in [0.5, 0.6) is 28.7 Å². The molecule has 0 unspecified atom stereocenters. The number of hydrogen-bond acceptors (Lipinski definition) is 8. The average molecular weight is 453 g/mol. The maximum atomic E-state index is 11.7. The lowest BCUT2D eigenvalue weighted by atomic mass is 10.1. The molecule has 2 aromatic carbocycles. The Bertz CT molecular complexity index is 907. The normalized spacial score (nSPS) is 18.0. The van der Waals surface area contributed by atoms with Crippen LogP contribution in [0.2, 0.25) is 0 Å². The van der Waals surface area contributed by atoms with Crippen molar-refractivity contribution in [2.24, 2.45) is 0 Å². The monoisotopic (exact) mass is 452 g/mol. The lowest BCUT2D eigenvalue weighted by molar-refractivity contribution is 0.0692. The van der Waals surface area contributed by atoms with Crippen molar-refractivity contribution in [3.8, 4) is 28.7 Å². The summed E-state index contributed by atoms with van der Waals surface area (Å²) in [6.45, 7) is 0. The highest BCUT2D eigenvalue weighted by atomic mass is 32.2. The van der Waals surface area contributed by atoms with Crippen molar-refractivity contribution in [1.29, 1.82) is 0 Å². The Morgan fingerprint density at radius 3 is 1.87 bits per heavy atom. The van der Waals surface area contributed by atoms with Gasteiger partial charge in [-0.25, -0.2) is 4.79 Å². The summed E-state index contributed by atoms with van der Waals surface area (Å²) in [6.07, 6.45) is 0. The molecule has 1 fully saturated rings. The number of carbonyl (C=O) groups is 1. The van der Waals surface area contributed by atoms with Crippen molar-refractivity contribution in [3.63, 3.8) is 0 Å². The van der Waals surface area contributed by atoms with Crippen molar-refractivity contribution < 1.29 is 33.6 Å². The number of aromatic carboxylic acids is 1. The molecule has 0 amide bonds. The number of hydrogen-bond donors (Lipinski definition) is 1. The second-order valence-corrected chi connectivity index (χ2v) is 9.11. The maximum absolute atomic E-state index is 11.7. The third kappa shape index (κ3) is 4.22. The quantitative estimate of drug-likeness (QED) is 0.615. The third-order valence-electron chi connectivity index (χ3n) is 4.75. The number of carboxylic acids is 1. The predicted molar refractivity (Wildman–Crippen MR) is 118 cm³/mol. The summed E-state index contributed by atoms with van der Waals surface area (Å²) in [6, 6.07) is 7.41. The minimum Gasteiger partial charge on any atom is -0.493 e. The summed E-state index contributed by atoms with van der Waals surface area (Å²) in [5.74, 6) is 2.18. The molecule has 0 saturated carbocycles. The fourth-order valence-electron chi connectivity index (χ4n) is 3.32. The summed E-state index contributed by atoms with van der Waals surface area (Å²) in [4.78, 5) is 11.7. The Labute approximate surface area is 184 Å². The van der Waals surface area contributed by atoms with Gasteiger partial charge in [0.05, 0.1) is 40.1 Å². The van der Waals surface area contributed by atoms with Gasteiger partial charge in [0.2, 0.25) is 5.75 Å². The first-order chi connectivity index (χ1) is 14.5. The number of thioether (sulfide) groups is 2. The van der Waals surface area contributed by atoms with Crippen LogP contribution in [0.25, 0.3) is 0 Å². The maximum Gasteiger partial charge on any atom is 0.339 e. The van der Waals surface area contributed by atoms with Gasteiger partial charge in [-0.2, -0.15) is 0 Å². The molecule has 0 radical (unpaired) electrons. The van der Waals surface area contributed by atoms with Gasteiger partial charge in [0.15, 0.2) is 23.0 Å². The van der Waals surface area contributed by atoms with Gasteiger partial charge in [-0.15, -0.1) is 23.5 Å². The van der Waals surface area contributed by atoms with Crippen LogP contribution in [0.1, 0.15) is 31.3 Å². The molecular formula is C21H24O7S2. The zero-order valence-electron chi connectivity index (χ0n) is 17.4. The molecule has 1 aliphatic rings. The minimum atomic E-state index is -1.05. The van der Waals surface area contributed by atoms with Gasteiger partial charge in [-0.3, -0.25) is 0 Å². The molecule has 1 heterocycles. The van der Waals surface area contributed by atoms with E-state index >= 15 is 0 Å². The molecule has 2 aromatic rings. The zero-order chi connectivity index (χ0) is 21.8. The van der Waals surface area contributed by atoms with E-state index in [1.54, 1.807) is 50.9 Å². The molecule has 0 aromatic heterocycles. The molecule has 1 saturated heterocycles. The van der Waals surface area contributed by atoms with Crippen molar-refractivity contribution in [2.75, 3.05) is 41.3 Å². The molecule has 162 valence electrons. The summed E-state index contributed by atoms with van der Waals surface area (Å²) < 4.78 is 27.1. The number of benzene rings is 2. The summed E-state index contributed by atoms with van der Waals surface area (Å²) in [7, 11) is 7.70. The van der Waals surface area contributed by atoms with Gasteiger partial charge in [-0.1, -0.05) is 0 Å². The molecule has 0 bridgehead atoms. The van der Waals surface area contributed by atoms with E-state index in [-0.39, 0.29) is 21.1 Å². The standard InChI is InChI=1S/C21H24O7S2/c1-24-14-7-11(6-13(20(22)23)18(14)27-4)17-10-29-21(30-17)12-8-15(25-2)19(28-5)16(9-12)26-3/h6-9,17,21H,10H2,1-5H3,(H,22,23)/t17-,21+/m1/s1. The van der Waals surface area contributed by atoms with Crippen LogP contribution in [0.15, 0.2) is 24.3 Å². The first-order valence-electron chi connectivity index (χ1n) is 9.03. The zero-order valence-corrected chi connectivity index (χ0v) is 19.0. The van der Waals surface area contributed by atoms with E-state index in [1.165, 1.54) is 14.2 Å². The first kappa shape index (κ1) is 22.3. The van der Waals surface area contributed by atoms with E-state index in [0.29, 0.717) is 23.0 Å². The van der Waals surface area contributed by atoms with E-state index in [4.69, 9.17) is 23.7 Å². The molecule has 2 atom stereocenters. The Kier molecular flexibility index (Phi) is 7.14. The Morgan fingerprint density at radius 1 is 0.833 bits per heavy atom.